The first-order valence-electron chi connectivity index (χ1n) is 5.44. The van der Waals surface area contributed by atoms with Gasteiger partial charge in [-0.05, 0) is 18.7 Å². The quantitative estimate of drug-likeness (QED) is 0.842. The second-order valence-electron chi connectivity index (χ2n) is 3.69. The van der Waals surface area contributed by atoms with E-state index in [9.17, 15) is 0 Å². The van der Waals surface area contributed by atoms with Crippen LogP contribution in [0.25, 0.3) is 0 Å². The molecule has 0 radical (unpaired) electrons. The number of hydrogen-bond acceptors (Lipinski definition) is 3. The third-order valence-electron chi connectivity index (χ3n) is 2.45. The van der Waals surface area contributed by atoms with Crippen LogP contribution in [-0.2, 0) is 7.05 Å². The molecule has 0 spiro atoms. The van der Waals surface area contributed by atoms with Crippen molar-refractivity contribution in [1.82, 2.24) is 20.1 Å². The van der Waals surface area contributed by atoms with Crippen molar-refractivity contribution >= 4 is 0 Å². The van der Waals surface area contributed by atoms with Crippen LogP contribution in [0.3, 0.4) is 0 Å². The van der Waals surface area contributed by atoms with Crippen LogP contribution >= 0.6 is 0 Å². The summed E-state index contributed by atoms with van der Waals surface area (Å²) in [4.78, 5) is 4.38. The number of aromatic nitrogens is 3. The van der Waals surface area contributed by atoms with E-state index in [4.69, 9.17) is 0 Å². The molecule has 0 amide bonds. The van der Waals surface area contributed by atoms with Gasteiger partial charge in [0.1, 0.15) is 0 Å². The highest BCUT2D eigenvalue weighted by molar-refractivity contribution is 5.23. The summed E-state index contributed by atoms with van der Waals surface area (Å²) >= 11 is 0. The Labute approximate surface area is 95.3 Å². The van der Waals surface area contributed by atoms with Gasteiger partial charge in [-0.15, -0.1) is 0 Å². The second kappa shape index (κ2) is 4.90. The summed E-state index contributed by atoms with van der Waals surface area (Å²) < 4.78 is 1.81. The molecule has 0 aliphatic rings. The van der Waals surface area contributed by atoms with Gasteiger partial charge in [0, 0.05) is 25.0 Å². The molecule has 0 bridgehead atoms. The minimum atomic E-state index is 0.125. The number of aryl methyl sites for hydroxylation is 1. The van der Waals surface area contributed by atoms with Gasteiger partial charge >= 0.3 is 0 Å². The summed E-state index contributed by atoms with van der Waals surface area (Å²) in [6.45, 7) is 2.99. The zero-order chi connectivity index (χ0) is 11.4. The summed E-state index contributed by atoms with van der Waals surface area (Å²) in [7, 11) is 1.92. The number of nitrogens with zero attached hydrogens (tertiary/aromatic N) is 3. The molecule has 2 aromatic heterocycles. The van der Waals surface area contributed by atoms with Crippen LogP contribution in [0.2, 0.25) is 0 Å². The standard InChI is InChI=1S/C12H16N4/c1-3-13-12(10-8-15-16(2)9-10)11-6-4-5-7-14-11/h4-9,12-13H,3H2,1-2H3. The summed E-state index contributed by atoms with van der Waals surface area (Å²) in [5.41, 5.74) is 2.17. The van der Waals surface area contributed by atoms with Crippen molar-refractivity contribution in [1.29, 1.82) is 0 Å². The molecule has 2 heterocycles. The van der Waals surface area contributed by atoms with E-state index in [1.807, 2.05) is 48.5 Å². The molecule has 2 aromatic rings. The van der Waals surface area contributed by atoms with Crippen molar-refractivity contribution < 1.29 is 0 Å². The van der Waals surface area contributed by atoms with E-state index in [2.05, 4.69) is 22.3 Å². The molecule has 2 rings (SSSR count). The van der Waals surface area contributed by atoms with Gasteiger partial charge < -0.3 is 5.32 Å². The Morgan fingerprint density at radius 2 is 2.31 bits per heavy atom. The topological polar surface area (TPSA) is 42.7 Å². The molecule has 0 saturated heterocycles. The molecule has 0 aliphatic carbocycles. The molecular weight excluding hydrogens is 200 g/mol. The number of rotatable bonds is 4. The lowest BCUT2D eigenvalue weighted by Crippen LogP contribution is -2.22. The van der Waals surface area contributed by atoms with Crippen LogP contribution in [0.1, 0.15) is 24.2 Å². The lowest BCUT2D eigenvalue weighted by molar-refractivity contribution is 0.615. The molecule has 0 saturated carbocycles. The number of nitrogens with one attached hydrogen (secondary N) is 1. The highest BCUT2D eigenvalue weighted by Crippen LogP contribution is 2.18. The maximum absolute atomic E-state index is 4.38. The molecule has 4 heteroatoms. The third-order valence-corrected chi connectivity index (χ3v) is 2.45. The van der Waals surface area contributed by atoms with Gasteiger partial charge in [-0.3, -0.25) is 9.67 Å². The zero-order valence-corrected chi connectivity index (χ0v) is 9.59. The molecule has 84 valence electrons. The van der Waals surface area contributed by atoms with Crippen molar-refractivity contribution in [2.24, 2.45) is 7.05 Å². The van der Waals surface area contributed by atoms with Crippen molar-refractivity contribution in [2.45, 2.75) is 13.0 Å². The van der Waals surface area contributed by atoms with Crippen LogP contribution in [0.15, 0.2) is 36.8 Å². The van der Waals surface area contributed by atoms with Gasteiger partial charge in [0.15, 0.2) is 0 Å². The van der Waals surface area contributed by atoms with Gasteiger partial charge in [-0.2, -0.15) is 5.10 Å². The Hall–Kier alpha value is -1.68. The van der Waals surface area contributed by atoms with Crippen LogP contribution in [0.5, 0.6) is 0 Å². The minimum Gasteiger partial charge on any atom is -0.305 e. The largest absolute Gasteiger partial charge is 0.305 e. The smallest absolute Gasteiger partial charge is 0.0782 e. The van der Waals surface area contributed by atoms with E-state index in [0.29, 0.717) is 0 Å². The SMILES string of the molecule is CCNC(c1cnn(C)c1)c1ccccn1. The molecule has 1 unspecified atom stereocenters. The Balaban J connectivity index is 2.31. The van der Waals surface area contributed by atoms with E-state index < -0.39 is 0 Å². The number of hydrogen-bond donors (Lipinski definition) is 1. The fraction of sp³-hybridized carbons (Fsp3) is 0.333. The lowest BCUT2D eigenvalue weighted by Gasteiger charge is -2.15. The van der Waals surface area contributed by atoms with Gasteiger partial charge in [0.25, 0.3) is 0 Å². The van der Waals surface area contributed by atoms with Crippen molar-refractivity contribution in [3.05, 3.63) is 48.0 Å². The Kier molecular flexibility index (Phi) is 3.31. The maximum atomic E-state index is 4.38. The summed E-state index contributed by atoms with van der Waals surface area (Å²) in [6, 6.07) is 6.08. The highest BCUT2D eigenvalue weighted by atomic mass is 15.2. The molecule has 0 aliphatic heterocycles. The Bertz CT molecular complexity index is 435. The van der Waals surface area contributed by atoms with E-state index >= 15 is 0 Å². The molecule has 0 fully saturated rings. The third kappa shape index (κ3) is 2.28. The average molecular weight is 216 g/mol. The van der Waals surface area contributed by atoms with E-state index in [-0.39, 0.29) is 6.04 Å². The van der Waals surface area contributed by atoms with Crippen LogP contribution in [0, 0.1) is 0 Å². The van der Waals surface area contributed by atoms with Crippen molar-refractivity contribution in [3.63, 3.8) is 0 Å². The van der Waals surface area contributed by atoms with Gasteiger partial charge in [0.2, 0.25) is 0 Å². The predicted octanol–water partition coefficient (Wildman–Crippen LogP) is 1.51. The van der Waals surface area contributed by atoms with Crippen LogP contribution in [-0.4, -0.2) is 21.3 Å². The van der Waals surface area contributed by atoms with E-state index in [1.54, 1.807) is 0 Å². The van der Waals surface area contributed by atoms with E-state index in [1.165, 1.54) is 0 Å². The fourth-order valence-electron chi connectivity index (χ4n) is 1.73. The highest BCUT2D eigenvalue weighted by Gasteiger charge is 2.15. The normalized spacial score (nSPS) is 12.6. The predicted molar refractivity (Wildman–Crippen MR) is 63.0 cm³/mol. The molecular formula is C12H16N4. The molecule has 4 nitrogen and oxygen atoms in total. The molecule has 1 N–H and O–H groups in total. The summed E-state index contributed by atoms with van der Waals surface area (Å²) in [6.07, 6.45) is 5.71. The van der Waals surface area contributed by atoms with E-state index in [0.717, 1.165) is 17.8 Å². The van der Waals surface area contributed by atoms with Crippen LogP contribution < -0.4 is 5.32 Å². The summed E-state index contributed by atoms with van der Waals surface area (Å²) in [5.74, 6) is 0. The minimum absolute atomic E-state index is 0.125. The summed E-state index contributed by atoms with van der Waals surface area (Å²) in [5, 5.41) is 7.61. The first-order chi connectivity index (χ1) is 7.81. The van der Waals surface area contributed by atoms with Gasteiger partial charge in [-0.25, -0.2) is 0 Å². The fourth-order valence-corrected chi connectivity index (χ4v) is 1.73. The average Bonchev–Trinajstić information content (AvgIpc) is 2.74. The first-order valence-corrected chi connectivity index (χ1v) is 5.44. The second-order valence-corrected chi connectivity index (χ2v) is 3.69. The van der Waals surface area contributed by atoms with Crippen LogP contribution in [0.4, 0.5) is 0 Å². The molecule has 16 heavy (non-hydrogen) atoms. The zero-order valence-electron chi connectivity index (χ0n) is 9.59. The molecule has 1 atom stereocenters. The first kappa shape index (κ1) is 10.8. The monoisotopic (exact) mass is 216 g/mol. The lowest BCUT2D eigenvalue weighted by atomic mass is 10.1. The maximum Gasteiger partial charge on any atom is 0.0782 e. The Morgan fingerprint density at radius 1 is 1.44 bits per heavy atom. The van der Waals surface area contributed by atoms with Crippen molar-refractivity contribution in [2.75, 3.05) is 6.54 Å². The molecule has 0 aromatic carbocycles. The van der Waals surface area contributed by atoms with Gasteiger partial charge in [0.05, 0.1) is 17.9 Å². The Morgan fingerprint density at radius 3 is 2.88 bits per heavy atom. The number of pyridine rings is 1. The van der Waals surface area contributed by atoms with Crippen molar-refractivity contribution in [3.8, 4) is 0 Å². The van der Waals surface area contributed by atoms with Gasteiger partial charge in [-0.1, -0.05) is 13.0 Å².